The number of aryl methyl sites for hydroxylation is 2. The van der Waals surface area contributed by atoms with Gasteiger partial charge in [-0.1, -0.05) is 17.2 Å². The Balaban J connectivity index is 1.71. The summed E-state index contributed by atoms with van der Waals surface area (Å²) in [6.07, 6.45) is 3.65. The Hall–Kier alpha value is -3.25. The second-order valence-corrected chi connectivity index (χ2v) is 8.76. The van der Waals surface area contributed by atoms with Gasteiger partial charge in [0.25, 0.3) is 0 Å². The number of piperazine rings is 1. The minimum absolute atomic E-state index is 0.425. The summed E-state index contributed by atoms with van der Waals surface area (Å²) < 4.78 is 2.00. The summed E-state index contributed by atoms with van der Waals surface area (Å²) in [5.41, 5.74) is 7.42. The molecule has 4 heterocycles. The van der Waals surface area contributed by atoms with Crippen molar-refractivity contribution in [1.29, 1.82) is 0 Å². The normalized spacial score (nSPS) is 19.2. The summed E-state index contributed by atoms with van der Waals surface area (Å²) in [7, 11) is 0. The lowest BCUT2D eigenvalue weighted by atomic mass is 10.0. The van der Waals surface area contributed by atoms with E-state index in [0.29, 0.717) is 12.1 Å². The Morgan fingerprint density at radius 2 is 1.55 bits per heavy atom. The first-order valence-electron chi connectivity index (χ1n) is 10.9. The molecule has 0 radical (unpaired) electrons. The Bertz CT molecular complexity index is 1200. The van der Waals surface area contributed by atoms with Gasteiger partial charge in [0.2, 0.25) is 0 Å². The van der Waals surface area contributed by atoms with Gasteiger partial charge in [-0.2, -0.15) is 0 Å². The third-order valence-corrected chi connectivity index (χ3v) is 5.79. The first-order valence-corrected chi connectivity index (χ1v) is 10.9. The average molecular weight is 413 g/mol. The maximum absolute atomic E-state index is 5.07. The fourth-order valence-electron chi connectivity index (χ4n) is 4.69. The molecule has 0 unspecified atom stereocenters. The van der Waals surface area contributed by atoms with Crippen LogP contribution >= 0.6 is 0 Å². The van der Waals surface area contributed by atoms with Crippen molar-refractivity contribution >= 4 is 11.5 Å². The number of benzene rings is 1. The Kier molecular flexibility index (Phi) is 4.94. The number of fused-ring (bicyclic) bond motifs is 1. The monoisotopic (exact) mass is 412 g/mol. The molecule has 6 nitrogen and oxygen atoms in total. The predicted molar refractivity (Wildman–Crippen MR) is 125 cm³/mol. The highest BCUT2D eigenvalue weighted by molar-refractivity contribution is 5.82. The van der Waals surface area contributed by atoms with Crippen LogP contribution in [0.15, 0.2) is 54.9 Å². The van der Waals surface area contributed by atoms with E-state index in [1.807, 2.05) is 29.0 Å². The summed E-state index contributed by atoms with van der Waals surface area (Å²) >= 11 is 0. The second kappa shape index (κ2) is 7.78. The van der Waals surface area contributed by atoms with E-state index in [2.05, 4.69) is 73.2 Å². The highest BCUT2D eigenvalue weighted by Gasteiger charge is 2.24. The van der Waals surface area contributed by atoms with Crippen molar-refractivity contribution in [3.8, 4) is 22.5 Å². The van der Waals surface area contributed by atoms with E-state index in [9.17, 15) is 0 Å². The summed E-state index contributed by atoms with van der Waals surface area (Å²) in [5.74, 6) is 0.979. The molecule has 0 aliphatic carbocycles. The Labute approximate surface area is 183 Å². The van der Waals surface area contributed by atoms with Crippen molar-refractivity contribution < 1.29 is 0 Å². The van der Waals surface area contributed by atoms with Gasteiger partial charge in [0.05, 0.1) is 5.69 Å². The molecule has 1 saturated heterocycles. The molecular formula is C25H28N6. The van der Waals surface area contributed by atoms with E-state index in [1.165, 1.54) is 11.1 Å². The van der Waals surface area contributed by atoms with Crippen LogP contribution in [0.4, 0.5) is 5.82 Å². The van der Waals surface area contributed by atoms with Gasteiger partial charge in [-0.05, 0) is 64.1 Å². The molecule has 1 fully saturated rings. The highest BCUT2D eigenvalue weighted by atomic mass is 15.4. The smallest absolute Gasteiger partial charge is 0.155 e. The summed E-state index contributed by atoms with van der Waals surface area (Å²) in [5, 5.41) is 8.66. The molecule has 1 aliphatic rings. The van der Waals surface area contributed by atoms with E-state index in [-0.39, 0.29) is 0 Å². The number of nitrogens with zero attached hydrogens (tertiary/aromatic N) is 5. The predicted octanol–water partition coefficient (Wildman–Crippen LogP) is 4.26. The minimum atomic E-state index is 0.425. The highest BCUT2D eigenvalue weighted by Crippen LogP contribution is 2.33. The van der Waals surface area contributed by atoms with Crippen molar-refractivity contribution in [2.45, 2.75) is 39.8 Å². The van der Waals surface area contributed by atoms with E-state index in [4.69, 9.17) is 10.1 Å². The van der Waals surface area contributed by atoms with Crippen LogP contribution in [-0.4, -0.2) is 44.8 Å². The molecule has 3 aromatic heterocycles. The van der Waals surface area contributed by atoms with Crippen LogP contribution in [0.2, 0.25) is 0 Å². The van der Waals surface area contributed by atoms with Crippen molar-refractivity contribution in [2.24, 2.45) is 0 Å². The number of nitrogens with one attached hydrogen (secondary N) is 1. The van der Waals surface area contributed by atoms with E-state index < -0.39 is 0 Å². The van der Waals surface area contributed by atoms with Gasteiger partial charge in [0.1, 0.15) is 11.5 Å². The maximum Gasteiger partial charge on any atom is 0.155 e. The van der Waals surface area contributed by atoms with Crippen molar-refractivity contribution in [3.05, 3.63) is 66.0 Å². The first kappa shape index (κ1) is 19.7. The fourth-order valence-corrected chi connectivity index (χ4v) is 4.69. The third-order valence-electron chi connectivity index (χ3n) is 5.79. The quantitative estimate of drug-likeness (QED) is 0.545. The zero-order valence-electron chi connectivity index (χ0n) is 18.5. The van der Waals surface area contributed by atoms with E-state index in [0.717, 1.165) is 47.1 Å². The van der Waals surface area contributed by atoms with Crippen LogP contribution in [-0.2, 0) is 0 Å². The molecule has 158 valence electrons. The number of hydrogen-bond donors (Lipinski definition) is 1. The van der Waals surface area contributed by atoms with Crippen LogP contribution in [0.5, 0.6) is 0 Å². The summed E-state index contributed by atoms with van der Waals surface area (Å²) in [6.45, 7) is 10.6. The van der Waals surface area contributed by atoms with Crippen LogP contribution in [0, 0.1) is 13.8 Å². The Morgan fingerprint density at radius 3 is 2.23 bits per heavy atom. The molecule has 0 saturated carbocycles. The van der Waals surface area contributed by atoms with Crippen LogP contribution in [0.1, 0.15) is 25.0 Å². The summed E-state index contributed by atoms with van der Waals surface area (Å²) in [4.78, 5) is 11.6. The maximum atomic E-state index is 5.07. The van der Waals surface area contributed by atoms with Gasteiger partial charge in [0, 0.05) is 48.7 Å². The van der Waals surface area contributed by atoms with Gasteiger partial charge in [-0.15, -0.1) is 5.10 Å². The zero-order valence-corrected chi connectivity index (χ0v) is 18.5. The first-order chi connectivity index (χ1) is 15.0. The van der Waals surface area contributed by atoms with Crippen LogP contribution < -0.4 is 10.2 Å². The van der Waals surface area contributed by atoms with E-state index >= 15 is 0 Å². The van der Waals surface area contributed by atoms with Crippen molar-refractivity contribution in [1.82, 2.24) is 24.9 Å². The number of anilines is 1. The fraction of sp³-hybridized carbons (Fsp3) is 0.320. The van der Waals surface area contributed by atoms with Gasteiger partial charge >= 0.3 is 0 Å². The standard InChI is InChI=1S/C25H28N6/c1-16-11-17(2)13-21(12-16)24-25(20-7-9-26-10-8-20)31-22(28-24)5-6-23(29-31)30-14-18(3)27-19(4)15-30/h5-13,18-19,27H,14-15H2,1-4H3/t18-,19+. The Morgan fingerprint density at radius 1 is 0.871 bits per heavy atom. The molecule has 2 atom stereocenters. The molecule has 0 spiro atoms. The van der Waals surface area contributed by atoms with Crippen LogP contribution in [0.25, 0.3) is 28.2 Å². The molecule has 6 heteroatoms. The van der Waals surface area contributed by atoms with Gasteiger partial charge in [0.15, 0.2) is 5.65 Å². The number of imidazole rings is 1. The molecule has 1 aliphatic heterocycles. The number of hydrogen-bond acceptors (Lipinski definition) is 5. The van der Waals surface area contributed by atoms with Crippen molar-refractivity contribution in [3.63, 3.8) is 0 Å². The molecule has 0 bridgehead atoms. The average Bonchev–Trinajstić information content (AvgIpc) is 3.12. The molecule has 1 N–H and O–H groups in total. The van der Waals surface area contributed by atoms with Gasteiger partial charge < -0.3 is 10.2 Å². The third kappa shape index (κ3) is 3.79. The summed E-state index contributed by atoms with van der Waals surface area (Å²) in [6, 6.07) is 15.7. The second-order valence-electron chi connectivity index (χ2n) is 8.76. The number of aromatic nitrogens is 4. The minimum Gasteiger partial charge on any atom is -0.352 e. The lowest BCUT2D eigenvalue weighted by molar-refractivity contribution is 0.404. The van der Waals surface area contributed by atoms with Crippen molar-refractivity contribution in [2.75, 3.05) is 18.0 Å². The lowest BCUT2D eigenvalue weighted by Crippen LogP contribution is -2.54. The topological polar surface area (TPSA) is 58.4 Å². The van der Waals surface area contributed by atoms with Gasteiger partial charge in [-0.3, -0.25) is 4.98 Å². The zero-order chi connectivity index (χ0) is 21.5. The molecule has 1 aromatic carbocycles. The number of pyridine rings is 1. The SMILES string of the molecule is Cc1cc(C)cc(-c2nc3ccc(N4C[C@@H](C)N[C@@H](C)C4)nn3c2-c2ccncc2)c1. The van der Waals surface area contributed by atoms with Crippen LogP contribution in [0.3, 0.4) is 0 Å². The van der Waals surface area contributed by atoms with E-state index in [1.54, 1.807) is 0 Å². The largest absolute Gasteiger partial charge is 0.352 e. The van der Waals surface area contributed by atoms with Gasteiger partial charge in [-0.25, -0.2) is 9.50 Å². The number of rotatable bonds is 3. The molecular weight excluding hydrogens is 384 g/mol. The molecule has 4 aromatic rings. The molecule has 0 amide bonds. The molecule has 5 rings (SSSR count). The lowest BCUT2D eigenvalue weighted by Gasteiger charge is -2.36. The molecule has 31 heavy (non-hydrogen) atoms.